The number of aromatic nitrogens is 4. The van der Waals surface area contributed by atoms with Gasteiger partial charge >= 0.3 is 5.97 Å². The fraction of sp³-hybridized carbons (Fsp3) is 0.115. The number of carboxylic acid groups (broad SMARTS) is 1. The molecule has 0 saturated carbocycles. The highest BCUT2D eigenvalue weighted by atomic mass is 16.4. The van der Waals surface area contributed by atoms with Crippen molar-refractivity contribution in [1.29, 1.82) is 0 Å². The van der Waals surface area contributed by atoms with E-state index in [4.69, 9.17) is 26.7 Å². The lowest BCUT2D eigenvalue weighted by molar-refractivity contribution is -0.120. The van der Waals surface area contributed by atoms with Gasteiger partial charge in [0, 0.05) is 13.5 Å². The van der Waals surface area contributed by atoms with Crippen molar-refractivity contribution in [2.24, 2.45) is 5.73 Å². The lowest BCUT2D eigenvalue weighted by Gasteiger charge is -2.17. The molecule has 5 aromatic rings. The minimum atomic E-state index is -1.34. The van der Waals surface area contributed by atoms with Gasteiger partial charge in [-0.2, -0.15) is 4.98 Å². The lowest BCUT2D eigenvalue weighted by Crippen LogP contribution is -2.38. The third-order valence-electron chi connectivity index (χ3n) is 6.17. The molecule has 15 heteroatoms. The Morgan fingerprint density at radius 1 is 1.00 bits per heavy atom. The third-order valence-corrected chi connectivity index (χ3v) is 6.17. The van der Waals surface area contributed by atoms with Gasteiger partial charge in [0.1, 0.15) is 22.9 Å². The number of aryl methyl sites for hydroxylation is 1. The number of primary amides is 1. The number of aromatic carboxylic acids is 1. The average Bonchev–Trinajstić information content (AvgIpc) is 3.46. The topological polar surface area (TPSA) is 247 Å². The molecule has 3 amide bonds. The molecular weight excluding hydrogens is 534 g/mol. The Hall–Kier alpha value is -5.99. The summed E-state index contributed by atoms with van der Waals surface area (Å²) in [5.41, 5.74) is 19.2. The first-order chi connectivity index (χ1) is 19.5. The monoisotopic (exact) mass is 557 g/mol. The first-order valence-electron chi connectivity index (χ1n) is 12.0. The SMILES string of the molecule is Cc1nc2cc(CNC(=O)c3cc(C(=O)N[C@@H](C(N)=O)c4ccc(C(=O)O)cc4)n4c(N)nc(N)c4n3)ccc2o1. The second kappa shape index (κ2) is 10.3. The molecular formula is C26H23N9O6. The standard InChI is InChI=1S/C26H23N9O6/c1-11-31-15-8-12(2-7-18(15)41-11)10-30-23(37)16-9-17(35-22(32-16)20(27)34-26(35)29)24(38)33-19(21(28)36)13-3-5-14(6-4-13)25(39)40/h2-9,19H,10,27H2,1H3,(H2,28,36)(H2,29,34)(H,30,37)(H,33,38)(H,39,40)/t19-/m1/s1. The number of fused-ring (bicyclic) bond motifs is 2. The fourth-order valence-corrected chi connectivity index (χ4v) is 4.23. The van der Waals surface area contributed by atoms with Gasteiger partial charge in [-0.3, -0.25) is 18.8 Å². The van der Waals surface area contributed by atoms with Crippen LogP contribution >= 0.6 is 0 Å². The summed E-state index contributed by atoms with van der Waals surface area (Å²) in [6.07, 6.45) is 0. The number of carbonyl (C=O) groups excluding carboxylic acids is 3. The van der Waals surface area contributed by atoms with Crippen molar-refractivity contribution in [2.45, 2.75) is 19.5 Å². The highest BCUT2D eigenvalue weighted by Crippen LogP contribution is 2.21. The summed E-state index contributed by atoms with van der Waals surface area (Å²) in [7, 11) is 0. The second-order valence-electron chi connectivity index (χ2n) is 8.99. The molecule has 2 aromatic carbocycles. The first-order valence-corrected chi connectivity index (χ1v) is 12.0. The van der Waals surface area contributed by atoms with E-state index >= 15 is 0 Å². The number of benzene rings is 2. The van der Waals surface area contributed by atoms with Gasteiger partial charge in [-0.1, -0.05) is 18.2 Å². The Morgan fingerprint density at radius 2 is 1.73 bits per heavy atom. The van der Waals surface area contributed by atoms with Gasteiger partial charge in [0.2, 0.25) is 11.9 Å². The van der Waals surface area contributed by atoms with Crippen molar-refractivity contribution in [3.05, 3.63) is 82.5 Å². The maximum atomic E-state index is 13.4. The fourth-order valence-electron chi connectivity index (χ4n) is 4.23. The van der Waals surface area contributed by atoms with Crippen LogP contribution in [0.5, 0.6) is 0 Å². The van der Waals surface area contributed by atoms with Crippen LogP contribution in [0.25, 0.3) is 16.7 Å². The highest BCUT2D eigenvalue weighted by Gasteiger charge is 2.26. The molecule has 0 spiro atoms. The number of nitrogens with zero attached hydrogens (tertiary/aromatic N) is 4. The molecule has 5 rings (SSSR count). The van der Waals surface area contributed by atoms with E-state index in [0.717, 1.165) is 9.96 Å². The van der Waals surface area contributed by atoms with Gasteiger partial charge in [0.25, 0.3) is 11.8 Å². The molecule has 0 fully saturated rings. The van der Waals surface area contributed by atoms with Crippen molar-refractivity contribution >= 4 is 52.2 Å². The molecule has 41 heavy (non-hydrogen) atoms. The van der Waals surface area contributed by atoms with Gasteiger partial charge in [-0.05, 0) is 41.5 Å². The minimum Gasteiger partial charge on any atom is -0.478 e. The number of nitrogens with one attached hydrogen (secondary N) is 2. The van der Waals surface area contributed by atoms with Gasteiger partial charge in [0.15, 0.2) is 22.9 Å². The zero-order chi connectivity index (χ0) is 29.4. The predicted molar refractivity (Wildman–Crippen MR) is 145 cm³/mol. The number of amides is 3. The smallest absolute Gasteiger partial charge is 0.335 e. The molecule has 1 atom stereocenters. The molecule has 208 valence electrons. The molecule has 0 radical (unpaired) electrons. The van der Waals surface area contributed by atoms with Gasteiger partial charge in [0.05, 0.1) is 5.56 Å². The zero-order valence-electron chi connectivity index (χ0n) is 21.4. The molecule has 0 bridgehead atoms. The summed E-state index contributed by atoms with van der Waals surface area (Å²) >= 11 is 0. The van der Waals surface area contributed by atoms with E-state index in [0.29, 0.717) is 17.0 Å². The average molecular weight is 558 g/mol. The summed E-state index contributed by atoms with van der Waals surface area (Å²) in [6, 6.07) is 10.3. The molecule has 0 unspecified atom stereocenters. The van der Waals surface area contributed by atoms with Crippen LogP contribution < -0.4 is 27.8 Å². The van der Waals surface area contributed by atoms with Crippen LogP contribution in [0, 0.1) is 6.92 Å². The van der Waals surface area contributed by atoms with Gasteiger partial charge < -0.3 is 37.4 Å². The number of rotatable bonds is 8. The summed E-state index contributed by atoms with van der Waals surface area (Å²) in [4.78, 5) is 62.4. The molecule has 3 heterocycles. The lowest BCUT2D eigenvalue weighted by atomic mass is 10.0. The zero-order valence-corrected chi connectivity index (χ0v) is 21.4. The quantitative estimate of drug-likeness (QED) is 0.156. The van der Waals surface area contributed by atoms with Crippen molar-refractivity contribution in [3.63, 3.8) is 0 Å². The number of nitrogen functional groups attached to an aromatic ring is 2. The molecule has 9 N–H and O–H groups in total. The largest absolute Gasteiger partial charge is 0.478 e. The van der Waals surface area contributed by atoms with Crippen LogP contribution in [0.1, 0.15) is 54.4 Å². The summed E-state index contributed by atoms with van der Waals surface area (Å²) < 4.78 is 6.60. The van der Waals surface area contributed by atoms with E-state index in [1.54, 1.807) is 25.1 Å². The number of carboxylic acids is 1. The molecule has 0 saturated heterocycles. The van der Waals surface area contributed by atoms with Gasteiger partial charge in [-0.25, -0.2) is 14.8 Å². The summed E-state index contributed by atoms with van der Waals surface area (Å²) in [6.45, 7) is 1.84. The minimum absolute atomic E-state index is 0.0208. The third kappa shape index (κ3) is 5.18. The van der Waals surface area contributed by atoms with Crippen molar-refractivity contribution < 1.29 is 28.7 Å². The van der Waals surface area contributed by atoms with Crippen LogP contribution in [-0.4, -0.2) is 48.2 Å². The molecule has 3 aromatic heterocycles. The predicted octanol–water partition coefficient (Wildman–Crippen LogP) is 0.928. The highest BCUT2D eigenvalue weighted by molar-refractivity contribution is 6.01. The number of anilines is 2. The van der Waals surface area contributed by atoms with E-state index in [1.807, 2.05) is 0 Å². The van der Waals surface area contributed by atoms with Crippen LogP contribution in [0.3, 0.4) is 0 Å². The van der Waals surface area contributed by atoms with E-state index in [2.05, 4.69) is 25.6 Å². The second-order valence-corrected chi connectivity index (χ2v) is 8.99. The van der Waals surface area contributed by atoms with E-state index < -0.39 is 29.7 Å². The molecule has 0 aliphatic heterocycles. The van der Waals surface area contributed by atoms with E-state index in [1.165, 1.54) is 30.3 Å². The number of imidazole rings is 1. The van der Waals surface area contributed by atoms with E-state index in [-0.39, 0.29) is 46.5 Å². The number of hydrogen-bond donors (Lipinski definition) is 6. The Labute approximate surface area is 230 Å². The Kier molecular flexibility index (Phi) is 6.68. The van der Waals surface area contributed by atoms with Crippen LogP contribution in [0.15, 0.2) is 52.9 Å². The van der Waals surface area contributed by atoms with Gasteiger partial charge in [-0.15, -0.1) is 0 Å². The van der Waals surface area contributed by atoms with Crippen molar-refractivity contribution in [2.75, 3.05) is 11.5 Å². The van der Waals surface area contributed by atoms with Crippen molar-refractivity contribution in [1.82, 2.24) is 30.0 Å². The number of oxazole rings is 1. The molecule has 0 aliphatic carbocycles. The Morgan fingerprint density at radius 3 is 2.41 bits per heavy atom. The number of nitrogens with two attached hydrogens (primary N) is 3. The number of carbonyl (C=O) groups is 4. The van der Waals surface area contributed by atoms with Crippen LogP contribution in [0.4, 0.5) is 11.8 Å². The van der Waals surface area contributed by atoms with Crippen LogP contribution in [0.2, 0.25) is 0 Å². The normalized spacial score (nSPS) is 11.8. The number of hydrogen-bond acceptors (Lipinski definition) is 10. The maximum Gasteiger partial charge on any atom is 0.335 e. The van der Waals surface area contributed by atoms with E-state index in [9.17, 15) is 19.2 Å². The first kappa shape index (κ1) is 26.6. The Balaban J connectivity index is 1.44. The molecule has 0 aliphatic rings. The van der Waals surface area contributed by atoms with Crippen LogP contribution in [-0.2, 0) is 11.3 Å². The summed E-state index contributed by atoms with van der Waals surface area (Å²) in [5.74, 6) is -3.36. The summed E-state index contributed by atoms with van der Waals surface area (Å²) in [5, 5.41) is 14.3. The Bertz CT molecular complexity index is 1860. The molecule has 15 nitrogen and oxygen atoms in total. The van der Waals surface area contributed by atoms with Crippen molar-refractivity contribution in [3.8, 4) is 0 Å². The maximum absolute atomic E-state index is 13.4.